The first-order valence-corrected chi connectivity index (χ1v) is 9.30. The maximum atomic E-state index is 13.2. The standard InChI is InChI=1S/C21H22FN3O2/c22-17-4-2-6-19(11-17)23-20(26)16-3-1-5-18(10-16)24-21(27)25-12-15(13-25)9-14-7-8-14/h1-6,10-11,14-15H,7-9,12-13H2,(H,23,26)(H,24,27). The van der Waals surface area contributed by atoms with Crippen LogP contribution in [0.15, 0.2) is 48.5 Å². The van der Waals surface area contributed by atoms with Crippen LogP contribution < -0.4 is 10.6 Å². The summed E-state index contributed by atoms with van der Waals surface area (Å²) in [6.07, 6.45) is 3.92. The lowest BCUT2D eigenvalue weighted by atomic mass is 9.94. The van der Waals surface area contributed by atoms with Crippen LogP contribution in [-0.2, 0) is 0 Å². The maximum absolute atomic E-state index is 13.2. The van der Waals surface area contributed by atoms with Crippen molar-refractivity contribution in [1.29, 1.82) is 0 Å². The van der Waals surface area contributed by atoms with Gasteiger partial charge in [0.15, 0.2) is 0 Å². The Labute approximate surface area is 157 Å². The van der Waals surface area contributed by atoms with Crippen molar-refractivity contribution in [2.45, 2.75) is 19.3 Å². The molecule has 1 saturated heterocycles. The van der Waals surface area contributed by atoms with E-state index >= 15 is 0 Å². The van der Waals surface area contributed by atoms with E-state index in [0.717, 1.165) is 19.0 Å². The quantitative estimate of drug-likeness (QED) is 0.826. The molecule has 0 bridgehead atoms. The van der Waals surface area contributed by atoms with E-state index < -0.39 is 5.82 Å². The number of hydrogen-bond donors (Lipinski definition) is 2. The monoisotopic (exact) mass is 367 g/mol. The maximum Gasteiger partial charge on any atom is 0.321 e. The van der Waals surface area contributed by atoms with E-state index in [9.17, 15) is 14.0 Å². The summed E-state index contributed by atoms with van der Waals surface area (Å²) >= 11 is 0. The van der Waals surface area contributed by atoms with Gasteiger partial charge in [0.2, 0.25) is 0 Å². The highest BCUT2D eigenvalue weighted by Gasteiger charge is 2.35. The Morgan fingerprint density at radius 2 is 1.67 bits per heavy atom. The number of rotatable bonds is 5. The third-order valence-corrected chi connectivity index (χ3v) is 5.07. The van der Waals surface area contributed by atoms with Crippen molar-refractivity contribution in [2.75, 3.05) is 23.7 Å². The summed E-state index contributed by atoms with van der Waals surface area (Å²) < 4.78 is 13.2. The largest absolute Gasteiger partial charge is 0.324 e. The van der Waals surface area contributed by atoms with Gasteiger partial charge in [-0.1, -0.05) is 25.0 Å². The van der Waals surface area contributed by atoms with Crippen LogP contribution in [0.25, 0.3) is 0 Å². The zero-order valence-corrected chi connectivity index (χ0v) is 15.0. The van der Waals surface area contributed by atoms with E-state index in [1.807, 2.05) is 0 Å². The lowest BCUT2D eigenvalue weighted by molar-refractivity contribution is 0.102. The van der Waals surface area contributed by atoms with Gasteiger partial charge in [-0.2, -0.15) is 0 Å². The lowest BCUT2D eigenvalue weighted by Crippen LogP contribution is -2.51. The third kappa shape index (κ3) is 4.45. The zero-order chi connectivity index (χ0) is 18.8. The van der Waals surface area contributed by atoms with Gasteiger partial charge in [0.25, 0.3) is 5.91 Å². The summed E-state index contributed by atoms with van der Waals surface area (Å²) in [4.78, 5) is 26.5. The van der Waals surface area contributed by atoms with Crippen LogP contribution in [-0.4, -0.2) is 29.9 Å². The molecule has 2 fully saturated rings. The van der Waals surface area contributed by atoms with Gasteiger partial charge in [-0.25, -0.2) is 9.18 Å². The average molecular weight is 367 g/mol. The van der Waals surface area contributed by atoms with Gasteiger partial charge in [0.05, 0.1) is 0 Å². The Morgan fingerprint density at radius 1 is 0.963 bits per heavy atom. The fraction of sp³-hybridized carbons (Fsp3) is 0.333. The van der Waals surface area contributed by atoms with E-state index in [2.05, 4.69) is 10.6 Å². The molecule has 2 aromatic rings. The first kappa shape index (κ1) is 17.5. The fourth-order valence-corrected chi connectivity index (χ4v) is 3.42. The smallest absolute Gasteiger partial charge is 0.321 e. The fourth-order valence-electron chi connectivity index (χ4n) is 3.42. The van der Waals surface area contributed by atoms with Gasteiger partial charge in [-0.3, -0.25) is 4.79 Å². The van der Waals surface area contributed by atoms with Crippen LogP contribution in [0.4, 0.5) is 20.6 Å². The molecule has 6 heteroatoms. The summed E-state index contributed by atoms with van der Waals surface area (Å²) in [5.41, 5.74) is 1.35. The number of halogens is 1. The van der Waals surface area contributed by atoms with E-state index in [1.165, 1.54) is 37.5 Å². The predicted molar refractivity (Wildman–Crippen MR) is 102 cm³/mol. The molecule has 2 N–H and O–H groups in total. The van der Waals surface area contributed by atoms with Crippen molar-refractivity contribution in [3.63, 3.8) is 0 Å². The molecular formula is C21H22FN3O2. The second-order valence-corrected chi connectivity index (χ2v) is 7.43. The molecule has 0 atom stereocenters. The van der Waals surface area contributed by atoms with Crippen molar-refractivity contribution in [3.05, 3.63) is 59.9 Å². The molecule has 1 aliphatic carbocycles. The molecule has 5 nitrogen and oxygen atoms in total. The second kappa shape index (κ2) is 7.39. The van der Waals surface area contributed by atoms with Crippen LogP contribution in [0, 0.1) is 17.7 Å². The van der Waals surface area contributed by atoms with Gasteiger partial charge in [0, 0.05) is 30.0 Å². The van der Waals surface area contributed by atoms with E-state index in [1.54, 1.807) is 35.2 Å². The summed E-state index contributed by atoms with van der Waals surface area (Å²) in [7, 11) is 0. The molecule has 2 aliphatic rings. The van der Waals surface area contributed by atoms with E-state index in [4.69, 9.17) is 0 Å². The first-order chi connectivity index (χ1) is 13.1. The number of likely N-dealkylation sites (tertiary alicyclic amines) is 1. The molecular weight excluding hydrogens is 345 g/mol. The molecule has 0 aromatic heterocycles. The zero-order valence-electron chi connectivity index (χ0n) is 15.0. The number of urea groups is 1. The molecule has 0 radical (unpaired) electrons. The molecule has 2 aromatic carbocycles. The van der Waals surface area contributed by atoms with Crippen LogP contribution in [0.5, 0.6) is 0 Å². The van der Waals surface area contributed by atoms with Gasteiger partial charge >= 0.3 is 6.03 Å². The Morgan fingerprint density at radius 3 is 2.37 bits per heavy atom. The Balaban J connectivity index is 1.33. The minimum Gasteiger partial charge on any atom is -0.324 e. The van der Waals surface area contributed by atoms with Crippen molar-refractivity contribution in [1.82, 2.24) is 4.90 Å². The van der Waals surface area contributed by atoms with Gasteiger partial charge in [-0.15, -0.1) is 0 Å². The van der Waals surface area contributed by atoms with Gasteiger partial charge < -0.3 is 15.5 Å². The molecule has 0 spiro atoms. The molecule has 1 heterocycles. The SMILES string of the molecule is O=C(Nc1cccc(F)c1)c1cccc(NC(=O)N2CC(CC3CC3)C2)c1. The van der Waals surface area contributed by atoms with Crippen molar-refractivity contribution >= 4 is 23.3 Å². The van der Waals surface area contributed by atoms with Crippen molar-refractivity contribution in [3.8, 4) is 0 Å². The van der Waals surface area contributed by atoms with Crippen molar-refractivity contribution in [2.24, 2.45) is 11.8 Å². The molecule has 0 unspecified atom stereocenters. The molecule has 3 amide bonds. The number of benzene rings is 2. The third-order valence-electron chi connectivity index (χ3n) is 5.07. The number of carbonyl (C=O) groups excluding carboxylic acids is 2. The molecule has 4 rings (SSSR count). The van der Waals surface area contributed by atoms with Crippen molar-refractivity contribution < 1.29 is 14.0 Å². The Kier molecular flexibility index (Phi) is 4.79. The Bertz CT molecular complexity index is 860. The number of carbonyl (C=O) groups is 2. The minimum absolute atomic E-state index is 0.135. The summed E-state index contributed by atoms with van der Waals surface area (Å²) in [5, 5.41) is 5.50. The van der Waals surface area contributed by atoms with E-state index in [0.29, 0.717) is 22.9 Å². The van der Waals surface area contributed by atoms with Crippen LogP contribution >= 0.6 is 0 Å². The number of amides is 3. The first-order valence-electron chi connectivity index (χ1n) is 9.30. The number of anilines is 2. The summed E-state index contributed by atoms with van der Waals surface area (Å²) in [5.74, 6) is 0.744. The van der Waals surface area contributed by atoms with Gasteiger partial charge in [-0.05, 0) is 54.7 Å². The molecule has 1 aliphatic heterocycles. The average Bonchev–Trinajstić information content (AvgIpc) is 3.42. The highest BCUT2D eigenvalue weighted by molar-refractivity contribution is 6.05. The molecule has 1 saturated carbocycles. The summed E-state index contributed by atoms with van der Waals surface area (Å²) in [6, 6.07) is 12.3. The van der Waals surface area contributed by atoms with E-state index in [-0.39, 0.29) is 11.9 Å². The number of hydrogen-bond acceptors (Lipinski definition) is 2. The summed E-state index contributed by atoms with van der Waals surface area (Å²) in [6.45, 7) is 1.62. The van der Waals surface area contributed by atoms with Crippen LogP contribution in [0.3, 0.4) is 0 Å². The minimum atomic E-state index is -0.414. The lowest BCUT2D eigenvalue weighted by Gasteiger charge is -2.39. The molecule has 140 valence electrons. The highest BCUT2D eigenvalue weighted by Crippen LogP contribution is 2.38. The normalized spacial score (nSPS) is 16.6. The number of nitrogens with one attached hydrogen (secondary N) is 2. The number of nitrogens with zero attached hydrogens (tertiary/aromatic N) is 1. The van der Waals surface area contributed by atoms with Crippen LogP contribution in [0.1, 0.15) is 29.6 Å². The topological polar surface area (TPSA) is 61.4 Å². The van der Waals surface area contributed by atoms with Crippen LogP contribution in [0.2, 0.25) is 0 Å². The van der Waals surface area contributed by atoms with Gasteiger partial charge in [0.1, 0.15) is 5.82 Å². The highest BCUT2D eigenvalue weighted by atomic mass is 19.1. The second-order valence-electron chi connectivity index (χ2n) is 7.43. The Hall–Kier alpha value is -2.89. The predicted octanol–water partition coefficient (Wildman–Crippen LogP) is 4.34. The molecule has 27 heavy (non-hydrogen) atoms.